The minimum atomic E-state index is -0.569. The Labute approximate surface area is 198 Å². The third kappa shape index (κ3) is 3.08. The fourth-order valence-electron chi connectivity index (χ4n) is 6.52. The van der Waals surface area contributed by atoms with Crippen LogP contribution in [-0.2, 0) is 16.0 Å². The lowest BCUT2D eigenvalue weighted by molar-refractivity contribution is -0.134. The van der Waals surface area contributed by atoms with Gasteiger partial charge in [-0.2, -0.15) is 0 Å². The van der Waals surface area contributed by atoms with E-state index in [1.165, 1.54) is 34.0 Å². The van der Waals surface area contributed by atoms with Gasteiger partial charge < -0.3 is 14.5 Å². The van der Waals surface area contributed by atoms with Gasteiger partial charge in [-0.15, -0.1) is 0 Å². The molecule has 4 aliphatic rings. The lowest BCUT2D eigenvalue weighted by atomic mass is 9.84. The molecule has 1 amide bonds. The third-order valence-electron chi connectivity index (χ3n) is 8.34. The summed E-state index contributed by atoms with van der Waals surface area (Å²) < 4.78 is 19.1. The van der Waals surface area contributed by atoms with E-state index in [4.69, 9.17) is 4.74 Å². The number of carbonyl (C=O) groups is 1. The number of likely N-dealkylation sites (tertiary alicyclic amines) is 1. The molecule has 34 heavy (non-hydrogen) atoms. The van der Waals surface area contributed by atoms with Crippen molar-refractivity contribution in [2.24, 2.45) is 0 Å². The van der Waals surface area contributed by atoms with Crippen molar-refractivity contribution in [2.75, 3.05) is 37.8 Å². The number of piperidine rings is 1. The second kappa shape index (κ2) is 7.52. The van der Waals surface area contributed by atoms with Crippen molar-refractivity contribution in [1.82, 2.24) is 9.80 Å². The molecule has 0 N–H and O–H groups in total. The molecule has 174 valence electrons. The maximum Gasteiger partial charge on any atom is 0.250 e. The molecule has 3 aromatic carbocycles. The highest BCUT2D eigenvalue weighted by Gasteiger charge is 2.55. The molecule has 3 aromatic rings. The lowest BCUT2D eigenvalue weighted by Gasteiger charge is -2.45. The predicted octanol–water partition coefficient (Wildman–Crippen LogP) is 4.12. The topological polar surface area (TPSA) is 39.3 Å². The summed E-state index contributed by atoms with van der Waals surface area (Å²) in [5.74, 6) is -0.0554. The zero-order valence-electron chi connectivity index (χ0n) is 19.1. The molecular weight excluding hydrogens is 429 g/mol. The maximum atomic E-state index is 13.8. The Balaban J connectivity index is 1.17. The molecule has 3 fully saturated rings. The van der Waals surface area contributed by atoms with Crippen molar-refractivity contribution in [1.29, 1.82) is 0 Å². The molecule has 5 nitrogen and oxygen atoms in total. The molecule has 0 radical (unpaired) electrons. The van der Waals surface area contributed by atoms with E-state index in [0.717, 1.165) is 44.6 Å². The highest BCUT2D eigenvalue weighted by molar-refractivity contribution is 5.94. The first-order valence-corrected chi connectivity index (χ1v) is 12.3. The molecule has 0 saturated carbocycles. The normalized spacial score (nSPS) is 25.6. The Morgan fingerprint density at radius 3 is 2.47 bits per heavy atom. The number of halogens is 1. The molecule has 6 heteroatoms. The lowest BCUT2D eigenvalue weighted by Crippen LogP contribution is -2.57. The first-order valence-electron chi connectivity index (χ1n) is 12.3. The summed E-state index contributed by atoms with van der Waals surface area (Å²) >= 11 is 0. The molecule has 0 unspecified atom stereocenters. The minimum Gasteiger partial charge on any atom is -0.371 e. The van der Waals surface area contributed by atoms with Crippen LogP contribution in [0.1, 0.15) is 30.0 Å². The largest absolute Gasteiger partial charge is 0.371 e. The summed E-state index contributed by atoms with van der Waals surface area (Å²) in [5.41, 5.74) is 3.20. The van der Waals surface area contributed by atoms with E-state index < -0.39 is 5.54 Å². The van der Waals surface area contributed by atoms with Gasteiger partial charge in [-0.05, 0) is 65.4 Å². The number of ether oxygens (including phenoxy) is 1. The van der Waals surface area contributed by atoms with Gasteiger partial charge in [0, 0.05) is 24.8 Å². The summed E-state index contributed by atoms with van der Waals surface area (Å²) in [6.07, 6.45) is 2.73. The van der Waals surface area contributed by atoms with Crippen LogP contribution >= 0.6 is 0 Å². The van der Waals surface area contributed by atoms with Gasteiger partial charge in [0.25, 0.3) is 0 Å². The number of nitrogens with zero attached hydrogens (tertiary/aromatic N) is 3. The molecule has 0 aromatic heterocycles. The summed E-state index contributed by atoms with van der Waals surface area (Å²) in [5, 5.41) is 2.73. The summed E-state index contributed by atoms with van der Waals surface area (Å²) in [6.45, 7) is 3.65. The highest BCUT2D eigenvalue weighted by atomic mass is 19.1. The second-order valence-corrected chi connectivity index (χ2v) is 10.2. The van der Waals surface area contributed by atoms with E-state index in [1.54, 1.807) is 0 Å². The van der Waals surface area contributed by atoms with Crippen molar-refractivity contribution in [3.05, 3.63) is 77.6 Å². The van der Waals surface area contributed by atoms with Crippen LogP contribution in [0, 0.1) is 5.82 Å². The molecule has 1 aliphatic carbocycles. The summed E-state index contributed by atoms with van der Waals surface area (Å²) in [6, 6.07) is 20.2. The third-order valence-corrected chi connectivity index (χ3v) is 8.34. The van der Waals surface area contributed by atoms with Gasteiger partial charge in [0.1, 0.15) is 11.4 Å². The van der Waals surface area contributed by atoms with E-state index in [0.29, 0.717) is 19.3 Å². The fourth-order valence-corrected chi connectivity index (χ4v) is 6.52. The number of benzene rings is 3. The van der Waals surface area contributed by atoms with E-state index in [2.05, 4.69) is 46.2 Å². The quantitative estimate of drug-likeness (QED) is 0.553. The van der Waals surface area contributed by atoms with E-state index in [1.807, 2.05) is 17.0 Å². The molecular formula is C28H28FN3O2. The van der Waals surface area contributed by atoms with Gasteiger partial charge in [0.05, 0.1) is 25.9 Å². The van der Waals surface area contributed by atoms with Crippen molar-refractivity contribution in [3.8, 4) is 0 Å². The second-order valence-electron chi connectivity index (χ2n) is 10.2. The number of carbonyl (C=O) groups excluding carboxylic acids is 1. The molecule has 2 atom stereocenters. The number of anilines is 1. The Hall–Kier alpha value is -2.96. The smallest absolute Gasteiger partial charge is 0.250 e. The van der Waals surface area contributed by atoms with Crippen molar-refractivity contribution >= 4 is 22.4 Å². The van der Waals surface area contributed by atoms with Crippen LogP contribution in [0.5, 0.6) is 0 Å². The van der Waals surface area contributed by atoms with E-state index in [-0.39, 0.29) is 17.8 Å². The van der Waals surface area contributed by atoms with Crippen LogP contribution in [0.15, 0.2) is 60.7 Å². The molecule has 1 spiro atoms. The van der Waals surface area contributed by atoms with Crippen LogP contribution in [0.4, 0.5) is 10.1 Å². The first kappa shape index (κ1) is 20.4. The van der Waals surface area contributed by atoms with Crippen molar-refractivity contribution in [3.63, 3.8) is 0 Å². The Morgan fingerprint density at radius 1 is 1.00 bits per heavy atom. The number of hydrogen-bond acceptors (Lipinski definition) is 4. The van der Waals surface area contributed by atoms with Crippen molar-refractivity contribution < 1.29 is 13.9 Å². The van der Waals surface area contributed by atoms with Gasteiger partial charge in [-0.3, -0.25) is 9.69 Å². The van der Waals surface area contributed by atoms with Crippen LogP contribution in [0.2, 0.25) is 0 Å². The van der Waals surface area contributed by atoms with E-state index >= 15 is 0 Å². The molecule has 0 bridgehead atoms. The SMILES string of the molecule is O=C1N(C[C@@H]2CO2)CN(c2ccc(F)cc2)C12CCN([C@@H]1Cc3cccc4cccc1c34)CC2. The Kier molecular flexibility index (Phi) is 4.52. The minimum absolute atomic E-state index is 0.159. The average Bonchev–Trinajstić information content (AvgIpc) is 3.56. The van der Waals surface area contributed by atoms with E-state index in [9.17, 15) is 9.18 Å². The number of amides is 1. The summed E-state index contributed by atoms with van der Waals surface area (Å²) in [4.78, 5) is 20.5. The monoisotopic (exact) mass is 457 g/mol. The number of rotatable bonds is 4. The Morgan fingerprint density at radius 2 is 1.74 bits per heavy atom. The number of epoxide rings is 1. The number of hydrogen-bond donors (Lipinski definition) is 0. The zero-order valence-corrected chi connectivity index (χ0v) is 19.1. The molecule has 7 rings (SSSR count). The van der Waals surface area contributed by atoms with Gasteiger partial charge in [0.2, 0.25) is 5.91 Å². The average molecular weight is 458 g/mol. The molecule has 3 heterocycles. The van der Waals surface area contributed by atoms with Gasteiger partial charge in [-0.25, -0.2) is 4.39 Å². The first-order chi connectivity index (χ1) is 16.6. The van der Waals surface area contributed by atoms with Crippen LogP contribution in [0.25, 0.3) is 10.8 Å². The van der Waals surface area contributed by atoms with Gasteiger partial charge in [0.15, 0.2) is 0 Å². The van der Waals surface area contributed by atoms with Gasteiger partial charge >= 0.3 is 0 Å². The molecule has 3 aliphatic heterocycles. The highest BCUT2D eigenvalue weighted by Crippen LogP contribution is 2.45. The molecule has 3 saturated heterocycles. The standard InChI is InChI=1S/C28H28FN3O2/c29-21-7-9-22(10-8-21)32-18-31(16-23-17-34-23)27(33)28(32)11-13-30(14-12-28)25-15-20-5-1-3-19-4-2-6-24(25)26(19)20/h1-10,23,25H,11-18H2/t23-,25-/m1/s1. The van der Waals surface area contributed by atoms with Crippen LogP contribution in [0.3, 0.4) is 0 Å². The van der Waals surface area contributed by atoms with Crippen LogP contribution in [-0.4, -0.2) is 60.3 Å². The fraction of sp³-hybridized carbons (Fsp3) is 0.393. The van der Waals surface area contributed by atoms with Gasteiger partial charge in [-0.1, -0.05) is 36.4 Å². The Bertz CT molecular complexity index is 1260. The van der Waals surface area contributed by atoms with Crippen LogP contribution < -0.4 is 4.90 Å². The maximum absolute atomic E-state index is 13.8. The van der Waals surface area contributed by atoms with Crippen molar-refractivity contribution in [2.45, 2.75) is 36.9 Å². The predicted molar refractivity (Wildman–Crippen MR) is 129 cm³/mol. The zero-order chi connectivity index (χ0) is 22.9. The summed E-state index contributed by atoms with van der Waals surface area (Å²) in [7, 11) is 0.